The van der Waals surface area contributed by atoms with Crippen molar-refractivity contribution in [3.63, 3.8) is 0 Å². The number of cyclic esters (lactones) is 1. The number of carboxylic acids is 1. The summed E-state index contributed by atoms with van der Waals surface area (Å²) in [5, 5.41) is 9.70. The van der Waals surface area contributed by atoms with E-state index < -0.39 is 18.0 Å². The molecule has 24 heavy (non-hydrogen) atoms. The minimum Gasteiger partial charge on any atom is -0.478 e. The largest absolute Gasteiger partial charge is 0.478 e. The highest BCUT2D eigenvalue weighted by molar-refractivity contribution is 6.08. The Balaban J connectivity index is 2.43. The third-order valence-electron chi connectivity index (χ3n) is 4.35. The SMILES string of the molecule is Cc1ccccc1-c1c(C(=O)O)c(C)nc2c1C(=O)OC2C(C)C. The summed E-state index contributed by atoms with van der Waals surface area (Å²) in [6, 6.07) is 7.43. The minimum atomic E-state index is -1.10. The van der Waals surface area contributed by atoms with E-state index in [9.17, 15) is 14.7 Å². The fourth-order valence-corrected chi connectivity index (χ4v) is 3.21. The van der Waals surface area contributed by atoms with E-state index in [1.807, 2.05) is 45.0 Å². The number of pyridine rings is 1. The molecule has 1 aromatic heterocycles. The van der Waals surface area contributed by atoms with Crippen molar-refractivity contribution in [2.75, 3.05) is 0 Å². The molecule has 2 aromatic rings. The monoisotopic (exact) mass is 325 g/mol. The molecular formula is C19H19NO4. The maximum Gasteiger partial charge on any atom is 0.341 e. The number of hydrogen-bond donors (Lipinski definition) is 1. The lowest BCUT2D eigenvalue weighted by Gasteiger charge is -2.16. The van der Waals surface area contributed by atoms with Crippen LogP contribution in [0, 0.1) is 19.8 Å². The van der Waals surface area contributed by atoms with Crippen LogP contribution < -0.4 is 0 Å². The second-order valence-electron chi connectivity index (χ2n) is 6.40. The average molecular weight is 325 g/mol. The molecule has 0 bridgehead atoms. The van der Waals surface area contributed by atoms with E-state index in [4.69, 9.17) is 4.74 Å². The quantitative estimate of drug-likeness (QED) is 0.865. The zero-order valence-corrected chi connectivity index (χ0v) is 14.1. The fourth-order valence-electron chi connectivity index (χ4n) is 3.21. The lowest BCUT2D eigenvalue weighted by molar-refractivity contribution is 0.0272. The van der Waals surface area contributed by atoms with Crippen LogP contribution in [0.15, 0.2) is 24.3 Å². The Morgan fingerprint density at radius 3 is 2.46 bits per heavy atom. The van der Waals surface area contributed by atoms with Crippen molar-refractivity contribution in [1.82, 2.24) is 4.98 Å². The number of aromatic carboxylic acids is 1. The van der Waals surface area contributed by atoms with Crippen molar-refractivity contribution < 1.29 is 19.4 Å². The summed E-state index contributed by atoms with van der Waals surface area (Å²) in [5.74, 6) is -1.54. The number of carbonyl (C=O) groups excluding carboxylic acids is 1. The fraction of sp³-hybridized carbons (Fsp3) is 0.316. The summed E-state index contributed by atoms with van der Waals surface area (Å²) >= 11 is 0. The molecule has 0 amide bonds. The predicted octanol–water partition coefficient (Wildman–Crippen LogP) is 3.93. The van der Waals surface area contributed by atoms with Gasteiger partial charge in [-0.2, -0.15) is 0 Å². The first-order valence-corrected chi connectivity index (χ1v) is 7.87. The number of carboxylic acid groups (broad SMARTS) is 1. The maximum absolute atomic E-state index is 12.5. The molecule has 1 aromatic carbocycles. The number of nitrogens with zero attached hydrogens (tertiary/aromatic N) is 1. The molecule has 1 aliphatic heterocycles. The first-order valence-electron chi connectivity index (χ1n) is 7.87. The molecule has 0 saturated heterocycles. The topological polar surface area (TPSA) is 76.5 Å². The summed E-state index contributed by atoms with van der Waals surface area (Å²) in [6.45, 7) is 7.44. The molecule has 0 aliphatic carbocycles. The van der Waals surface area contributed by atoms with Crippen LogP contribution >= 0.6 is 0 Å². The molecule has 0 saturated carbocycles. The second kappa shape index (κ2) is 5.74. The molecule has 1 N–H and O–H groups in total. The summed E-state index contributed by atoms with van der Waals surface area (Å²) in [5.41, 5.74) is 3.30. The Morgan fingerprint density at radius 1 is 1.21 bits per heavy atom. The predicted molar refractivity (Wildman–Crippen MR) is 89.1 cm³/mol. The second-order valence-corrected chi connectivity index (χ2v) is 6.40. The molecule has 0 fully saturated rings. The van der Waals surface area contributed by atoms with Crippen LogP contribution in [0.1, 0.15) is 57.6 Å². The number of aromatic nitrogens is 1. The molecule has 1 aliphatic rings. The van der Waals surface area contributed by atoms with Crippen LogP contribution in [0.4, 0.5) is 0 Å². The number of fused-ring (bicyclic) bond motifs is 1. The van der Waals surface area contributed by atoms with Gasteiger partial charge in [0.05, 0.1) is 22.5 Å². The highest BCUT2D eigenvalue weighted by Crippen LogP contribution is 2.42. The van der Waals surface area contributed by atoms with E-state index in [1.54, 1.807) is 6.92 Å². The van der Waals surface area contributed by atoms with Crippen molar-refractivity contribution in [3.05, 3.63) is 52.3 Å². The van der Waals surface area contributed by atoms with Crippen LogP contribution in [0.3, 0.4) is 0 Å². The van der Waals surface area contributed by atoms with E-state index in [0.717, 1.165) is 11.1 Å². The van der Waals surface area contributed by atoms with Gasteiger partial charge in [-0.25, -0.2) is 9.59 Å². The summed E-state index contributed by atoms with van der Waals surface area (Å²) in [7, 11) is 0. The van der Waals surface area contributed by atoms with E-state index in [2.05, 4.69) is 4.98 Å². The molecular weight excluding hydrogens is 306 g/mol. The molecule has 0 spiro atoms. The summed E-state index contributed by atoms with van der Waals surface area (Å²) in [6.07, 6.45) is -0.447. The maximum atomic E-state index is 12.5. The van der Waals surface area contributed by atoms with Crippen LogP contribution in [0.5, 0.6) is 0 Å². The average Bonchev–Trinajstić information content (AvgIpc) is 2.83. The van der Waals surface area contributed by atoms with Crippen molar-refractivity contribution in [1.29, 1.82) is 0 Å². The van der Waals surface area contributed by atoms with E-state index in [-0.39, 0.29) is 17.0 Å². The molecule has 0 radical (unpaired) electrons. The molecule has 1 atom stereocenters. The molecule has 5 heteroatoms. The highest BCUT2D eigenvalue weighted by atomic mass is 16.5. The van der Waals surface area contributed by atoms with Gasteiger partial charge in [0, 0.05) is 5.56 Å². The molecule has 5 nitrogen and oxygen atoms in total. The Kier molecular flexibility index (Phi) is 3.87. The van der Waals surface area contributed by atoms with Crippen molar-refractivity contribution in [2.24, 2.45) is 5.92 Å². The smallest absolute Gasteiger partial charge is 0.341 e. The van der Waals surface area contributed by atoms with Gasteiger partial charge in [0.1, 0.15) is 6.10 Å². The van der Waals surface area contributed by atoms with Gasteiger partial charge in [0.2, 0.25) is 0 Å². The number of benzene rings is 1. The Bertz CT molecular complexity index is 855. The van der Waals surface area contributed by atoms with Crippen LogP contribution in [-0.4, -0.2) is 22.0 Å². The summed E-state index contributed by atoms with van der Waals surface area (Å²) < 4.78 is 5.49. The first-order chi connectivity index (χ1) is 11.3. The van der Waals surface area contributed by atoms with E-state index >= 15 is 0 Å². The van der Waals surface area contributed by atoms with Crippen LogP contribution in [-0.2, 0) is 4.74 Å². The van der Waals surface area contributed by atoms with Crippen molar-refractivity contribution in [3.8, 4) is 11.1 Å². The Hall–Kier alpha value is -2.69. The number of hydrogen-bond acceptors (Lipinski definition) is 4. The van der Waals surface area contributed by atoms with Gasteiger partial charge in [-0.05, 0) is 30.9 Å². The van der Waals surface area contributed by atoms with Crippen molar-refractivity contribution >= 4 is 11.9 Å². The van der Waals surface area contributed by atoms with Gasteiger partial charge in [0.15, 0.2) is 0 Å². The third kappa shape index (κ3) is 2.37. The van der Waals surface area contributed by atoms with Crippen molar-refractivity contribution in [2.45, 2.75) is 33.8 Å². The minimum absolute atomic E-state index is 0.0579. The lowest BCUT2D eigenvalue weighted by atomic mass is 9.89. The van der Waals surface area contributed by atoms with Crippen LogP contribution in [0.2, 0.25) is 0 Å². The van der Waals surface area contributed by atoms with Gasteiger partial charge < -0.3 is 9.84 Å². The molecule has 3 rings (SSSR count). The van der Waals surface area contributed by atoms with E-state index in [0.29, 0.717) is 17.0 Å². The lowest BCUT2D eigenvalue weighted by Crippen LogP contribution is -2.12. The standard InChI is InChI=1S/C19H19NO4/c1-9(2)17-16-15(19(23)24-17)14(12-8-6-5-7-10(12)3)13(18(21)22)11(4)20-16/h5-9,17H,1-4H3,(H,21,22). The normalized spacial score (nSPS) is 16.2. The highest BCUT2D eigenvalue weighted by Gasteiger charge is 2.40. The number of ether oxygens (including phenoxy) is 1. The molecule has 124 valence electrons. The van der Waals surface area contributed by atoms with E-state index in [1.165, 1.54) is 0 Å². The number of rotatable bonds is 3. The van der Waals surface area contributed by atoms with Gasteiger partial charge in [-0.1, -0.05) is 38.1 Å². The molecule has 1 unspecified atom stereocenters. The third-order valence-corrected chi connectivity index (χ3v) is 4.35. The Labute approximate surface area is 140 Å². The number of carbonyl (C=O) groups is 2. The first kappa shape index (κ1) is 16.2. The van der Waals surface area contributed by atoms with Crippen LogP contribution in [0.25, 0.3) is 11.1 Å². The van der Waals surface area contributed by atoms with Gasteiger partial charge >= 0.3 is 11.9 Å². The van der Waals surface area contributed by atoms with Gasteiger partial charge in [-0.15, -0.1) is 0 Å². The number of esters is 1. The molecule has 2 heterocycles. The zero-order chi connectivity index (χ0) is 17.6. The van der Waals surface area contributed by atoms with Gasteiger partial charge in [-0.3, -0.25) is 4.98 Å². The van der Waals surface area contributed by atoms with Gasteiger partial charge in [0.25, 0.3) is 0 Å². The zero-order valence-electron chi connectivity index (χ0n) is 14.1. The summed E-state index contributed by atoms with van der Waals surface area (Å²) in [4.78, 5) is 28.8. The number of aryl methyl sites for hydroxylation is 2. The Morgan fingerprint density at radius 2 is 1.88 bits per heavy atom.